The van der Waals surface area contributed by atoms with Gasteiger partial charge in [-0.15, -0.1) is 0 Å². The third-order valence-corrected chi connectivity index (χ3v) is 9.05. The Hall–Kier alpha value is 0.137. The summed E-state index contributed by atoms with van der Waals surface area (Å²) in [5, 5.41) is 10.00. The molecule has 0 bridgehead atoms. The standard InChI is InChI=1S/C16H36O2Si/c1-5-9-10-11-12-13-14-16(17)15-18-19(6-2,7-3)8-4/h16-17H,5-15H2,1-4H3. The summed E-state index contributed by atoms with van der Waals surface area (Å²) in [5.74, 6) is 0. The van der Waals surface area contributed by atoms with Gasteiger partial charge in [-0.3, -0.25) is 0 Å². The molecule has 0 spiro atoms. The van der Waals surface area contributed by atoms with Crippen LogP contribution in [0.3, 0.4) is 0 Å². The Kier molecular flexibility index (Phi) is 12.0. The van der Waals surface area contributed by atoms with Gasteiger partial charge in [-0.1, -0.05) is 66.2 Å². The molecule has 1 atom stereocenters. The first-order chi connectivity index (χ1) is 9.14. The lowest BCUT2D eigenvalue weighted by Crippen LogP contribution is -2.38. The first-order valence-electron chi connectivity index (χ1n) is 8.46. The second-order valence-electron chi connectivity index (χ2n) is 5.76. The van der Waals surface area contributed by atoms with Crippen molar-refractivity contribution in [3.8, 4) is 0 Å². The maximum atomic E-state index is 10.00. The molecule has 0 heterocycles. The van der Waals surface area contributed by atoms with Gasteiger partial charge in [0.2, 0.25) is 0 Å². The van der Waals surface area contributed by atoms with Crippen LogP contribution >= 0.6 is 0 Å². The van der Waals surface area contributed by atoms with E-state index in [9.17, 15) is 5.11 Å². The van der Waals surface area contributed by atoms with Crippen molar-refractivity contribution < 1.29 is 9.53 Å². The summed E-state index contributed by atoms with van der Waals surface area (Å²) in [5.41, 5.74) is 0. The number of unbranched alkanes of at least 4 members (excludes halogenated alkanes) is 5. The molecule has 1 N–H and O–H groups in total. The average Bonchev–Trinajstić information content (AvgIpc) is 2.45. The number of rotatable bonds is 13. The quantitative estimate of drug-likeness (QED) is 0.376. The Balaban J connectivity index is 3.65. The van der Waals surface area contributed by atoms with Crippen LogP contribution in [0.5, 0.6) is 0 Å². The summed E-state index contributed by atoms with van der Waals surface area (Å²) in [4.78, 5) is 0. The normalized spacial score (nSPS) is 13.7. The lowest BCUT2D eigenvalue weighted by Gasteiger charge is -2.29. The Morgan fingerprint density at radius 1 is 0.842 bits per heavy atom. The summed E-state index contributed by atoms with van der Waals surface area (Å²) in [6.45, 7) is 9.52. The van der Waals surface area contributed by atoms with Crippen LogP contribution in [0, 0.1) is 0 Å². The van der Waals surface area contributed by atoms with E-state index in [2.05, 4.69) is 27.7 Å². The van der Waals surface area contributed by atoms with Crippen LogP contribution in [-0.4, -0.2) is 26.1 Å². The lowest BCUT2D eigenvalue weighted by molar-refractivity contribution is 0.0920. The fourth-order valence-corrected chi connectivity index (χ4v) is 5.23. The molecule has 0 rings (SSSR count). The smallest absolute Gasteiger partial charge is 0.192 e. The van der Waals surface area contributed by atoms with Crippen LogP contribution < -0.4 is 0 Å². The van der Waals surface area contributed by atoms with E-state index in [0.29, 0.717) is 6.61 Å². The van der Waals surface area contributed by atoms with Gasteiger partial charge in [0.25, 0.3) is 0 Å². The Morgan fingerprint density at radius 3 is 1.89 bits per heavy atom. The summed E-state index contributed by atoms with van der Waals surface area (Å²) < 4.78 is 6.12. The molecule has 0 fully saturated rings. The number of hydrogen-bond acceptors (Lipinski definition) is 2. The fraction of sp³-hybridized carbons (Fsp3) is 1.00. The van der Waals surface area contributed by atoms with Gasteiger partial charge in [0.15, 0.2) is 8.32 Å². The summed E-state index contributed by atoms with van der Waals surface area (Å²) in [6, 6.07) is 3.51. The molecule has 0 saturated carbocycles. The van der Waals surface area contributed by atoms with Crippen molar-refractivity contribution >= 4 is 8.32 Å². The molecule has 19 heavy (non-hydrogen) atoms. The van der Waals surface area contributed by atoms with E-state index >= 15 is 0 Å². The van der Waals surface area contributed by atoms with E-state index in [1.165, 1.54) is 50.2 Å². The van der Waals surface area contributed by atoms with Crippen LogP contribution in [0.2, 0.25) is 18.1 Å². The molecule has 0 amide bonds. The molecular formula is C16H36O2Si. The van der Waals surface area contributed by atoms with E-state index < -0.39 is 8.32 Å². The summed E-state index contributed by atoms with van der Waals surface area (Å²) >= 11 is 0. The topological polar surface area (TPSA) is 29.5 Å². The Morgan fingerprint density at radius 2 is 1.37 bits per heavy atom. The van der Waals surface area contributed by atoms with Crippen LogP contribution in [0.1, 0.15) is 72.6 Å². The van der Waals surface area contributed by atoms with Crippen LogP contribution in [-0.2, 0) is 4.43 Å². The van der Waals surface area contributed by atoms with Gasteiger partial charge in [0, 0.05) is 0 Å². The monoisotopic (exact) mass is 288 g/mol. The summed E-state index contributed by atoms with van der Waals surface area (Å²) in [7, 11) is -1.51. The van der Waals surface area contributed by atoms with Crippen LogP contribution in [0.25, 0.3) is 0 Å². The zero-order valence-corrected chi connectivity index (χ0v) is 14.7. The molecule has 0 aromatic carbocycles. The Labute approximate surface area is 122 Å². The minimum Gasteiger partial charge on any atom is -0.414 e. The van der Waals surface area contributed by atoms with Crippen molar-refractivity contribution in [1.29, 1.82) is 0 Å². The van der Waals surface area contributed by atoms with Crippen LogP contribution in [0.15, 0.2) is 0 Å². The predicted molar refractivity (Wildman–Crippen MR) is 87.1 cm³/mol. The molecule has 0 aliphatic heterocycles. The number of hydrogen-bond donors (Lipinski definition) is 1. The Bertz CT molecular complexity index is 185. The lowest BCUT2D eigenvalue weighted by atomic mass is 10.1. The molecule has 1 unspecified atom stereocenters. The largest absolute Gasteiger partial charge is 0.414 e. The maximum absolute atomic E-state index is 10.00. The van der Waals surface area contributed by atoms with Gasteiger partial charge in [-0.05, 0) is 24.6 Å². The van der Waals surface area contributed by atoms with Gasteiger partial charge in [0.1, 0.15) is 0 Å². The SMILES string of the molecule is CCCCCCCCC(O)CO[Si](CC)(CC)CC. The van der Waals surface area contributed by atoms with Crippen molar-refractivity contribution in [1.82, 2.24) is 0 Å². The number of aliphatic hydroxyl groups excluding tert-OH is 1. The van der Waals surface area contributed by atoms with Crippen molar-refractivity contribution in [3.63, 3.8) is 0 Å². The van der Waals surface area contributed by atoms with Gasteiger partial charge in [-0.25, -0.2) is 0 Å². The van der Waals surface area contributed by atoms with Gasteiger partial charge < -0.3 is 9.53 Å². The molecule has 0 aliphatic rings. The molecule has 2 nitrogen and oxygen atoms in total. The predicted octanol–water partition coefficient (Wildman–Crippen LogP) is 5.12. The zero-order chi connectivity index (χ0) is 14.6. The van der Waals surface area contributed by atoms with Gasteiger partial charge >= 0.3 is 0 Å². The second-order valence-corrected chi connectivity index (χ2v) is 10.5. The minimum atomic E-state index is -1.51. The van der Waals surface area contributed by atoms with Crippen LogP contribution in [0.4, 0.5) is 0 Å². The maximum Gasteiger partial charge on any atom is 0.192 e. The molecule has 0 radical (unpaired) electrons. The highest BCUT2D eigenvalue weighted by Gasteiger charge is 2.29. The molecule has 0 aliphatic carbocycles. The van der Waals surface area contributed by atoms with E-state index in [4.69, 9.17) is 4.43 Å². The van der Waals surface area contributed by atoms with Crippen molar-refractivity contribution in [2.75, 3.05) is 6.61 Å². The zero-order valence-electron chi connectivity index (χ0n) is 13.7. The highest BCUT2D eigenvalue weighted by Crippen LogP contribution is 2.22. The first-order valence-corrected chi connectivity index (χ1v) is 11.0. The first kappa shape index (κ1) is 19.1. The van der Waals surface area contributed by atoms with Gasteiger partial charge in [0.05, 0.1) is 12.7 Å². The molecule has 0 saturated heterocycles. The van der Waals surface area contributed by atoms with Crippen molar-refractivity contribution in [3.05, 3.63) is 0 Å². The molecule has 116 valence electrons. The third-order valence-electron chi connectivity index (χ3n) is 4.41. The van der Waals surface area contributed by atoms with E-state index in [0.717, 1.165) is 12.8 Å². The third kappa shape index (κ3) is 8.82. The summed E-state index contributed by atoms with van der Waals surface area (Å²) in [6.07, 6.45) is 8.38. The second kappa shape index (κ2) is 11.9. The molecule has 3 heteroatoms. The van der Waals surface area contributed by atoms with E-state index in [-0.39, 0.29) is 6.10 Å². The highest BCUT2D eigenvalue weighted by atomic mass is 28.4. The number of aliphatic hydroxyl groups is 1. The van der Waals surface area contributed by atoms with Crippen molar-refractivity contribution in [2.24, 2.45) is 0 Å². The molecule has 0 aromatic heterocycles. The van der Waals surface area contributed by atoms with E-state index in [1.54, 1.807) is 0 Å². The molecule has 0 aromatic rings. The highest BCUT2D eigenvalue weighted by molar-refractivity contribution is 6.73. The van der Waals surface area contributed by atoms with Crippen molar-refractivity contribution in [2.45, 2.75) is 96.9 Å². The molecular weight excluding hydrogens is 252 g/mol. The average molecular weight is 289 g/mol. The fourth-order valence-electron chi connectivity index (χ4n) is 2.57. The van der Waals surface area contributed by atoms with E-state index in [1.807, 2.05) is 0 Å². The minimum absolute atomic E-state index is 0.247. The van der Waals surface area contributed by atoms with Gasteiger partial charge in [-0.2, -0.15) is 0 Å².